The van der Waals surface area contributed by atoms with Crippen LogP contribution in [0.4, 0.5) is 5.13 Å². The molecule has 4 nitrogen and oxygen atoms in total. The SMILES string of the molecule is Cc1ccccc1-c1cc(O)c2c(c1)CN(c1nccs1)CCO2. The predicted molar refractivity (Wildman–Crippen MR) is 96.9 cm³/mol. The average Bonchev–Trinajstić information content (AvgIpc) is 3.02. The van der Waals surface area contributed by atoms with E-state index in [1.54, 1.807) is 17.4 Å². The zero-order valence-corrected chi connectivity index (χ0v) is 14.2. The molecule has 0 saturated heterocycles. The van der Waals surface area contributed by atoms with Gasteiger partial charge in [-0.1, -0.05) is 24.3 Å². The minimum Gasteiger partial charge on any atom is -0.504 e. The first-order chi connectivity index (χ1) is 11.7. The van der Waals surface area contributed by atoms with Gasteiger partial charge in [0.2, 0.25) is 0 Å². The zero-order chi connectivity index (χ0) is 16.5. The number of ether oxygens (including phenoxy) is 1. The summed E-state index contributed by atoms with van der Waals surface area (Å²) in [5.41, 5.74) is 4.30. The Balaban J connectivity index is 1.77. The summed E-state index contributed by atoms with van der Waals surface area (Å²) in [6.07, 6.45) is 1.81. The fourth-order valence-electron chi connectivity index (χ4n) is 3.09. The lowest BCUT2D eigenvalue weighted by atomic mass is 9.98. The first kappa shape index (κ1) is 15.0. The molecule has 24 heavy (non-hydrogen) atoms. The number of aromatic nitrogens is 1. The lowest BCUT2D eigenvalue weighted by molar-refractivity contribution is 0.312. The van der Waals surface area contributed by atoms with E-state index in [1.807, 2.05) is 23.7 Å². The molecule has 4 rings (SSSR count). The van der Waals surface area contributed by atoms with E-state index in [9.17, 15) is 5.11 Å². The summed E-state index contributed by atoms with van der Waals surface area (Å²) < 4.78 is 5.81. The molecule has 0 amide bonds. The second-order valence-corrected chi connectivity index (χ2v) is 6.76. The second kappa shape index (κ2) is 6.17. The first-order valence-electron chi connectivity index (χ1n) is 7.91. The predicted octanol–water partition coefficient (Wildman–Crippen LogP) is 4.22. The fraction of sp³-hybridized carbons (Fsp3) is 0.211. The van der Waals surface area contributed by atoms with Gasteiger partial charge in [-0.3, -0.25) is 0 Å². The number of phenols is 1. The van der Waals surface area contributed by atoms with Crippen molar-refractivity contribution in [1.82, 2.24) is 4.98 Å². The number of benzene rings is 2. The lowest BCUT2D eigenvalue weighted by Gasteiger charge is -2.18. The lowest BCUT2D eigenvalue weighted by Crippen LogP contribution is -2.24. The number of fused-ring (bicyclic) bond motifs is 1. The minimum absolute atomic E-state index is 0.201. The average molecular weight is 338 g/mol. The topological polar surface area (TPSA) is 45.6 Å². The van der Waals surface area contributed by atoms with Crippen LogP contribution in [0.3, 0.4) is 0 Å². The van der Waals surface area contributed by atoms with Crippen LogP contribution in [0.5, 0.6) is 11.5 Å². The van der Waals surface area contributed by atoms with E-state index in [0.717, 1.165) is 28.4 Å². The van der Waals surface area contributed by atoms with Gasteiger partial charge in [-0.05, 0) is 35.7 Å². The molecule has 1 aliphatic rings. The number of hydrogen-bond acceptors (Lipinski definition) is 5. The number of rotatable bonds is 2. The van der Waals surface area contributed by atoms with Crippen molar-refractivity contribution in [3.63, 3.8) is 0 Å². The highest BCUT2D eigenvalue weighted by atomic mass is 32.1. The molecular formula is C19H18N2O2S. The maximum Gasteiger partial charge on any atom is 0.185 e. The van der Waals surface area contributed by atoms with Crippen LogP contribution >= 0.6 is 11.3 Å². The highest BCUT2D eigenvalue weighted by Crippen LogP contribution is 2.39. The third-order valence-electron chi connectivity index (χ3n) is 4.26. The molecule has 2 heterocycles. The molecule has 1 aromatic heterocycles. The summed E-state index contributed by atoms with van der Waals surface area (Å²) in [5.74, 6) is 0.790. The van der Waals surface area contributed by atoms with Crippen LogP contribution in [0.2, 0.25) is 0 Å². The van der Waals surface area contributed by atoms with Gasteiger partial charge in [0.1, 0.15) is 6.61 Å². The van der Waals surface area contributed by atoms with Crippen LogP contribution in [-0.4, -0.2) is 23.2 Å². The molecule has 0 unspecified atom stereocenters. The largest absolute Gasteiger partial charge is 0.504 e. The van der Waals surface area contributed by atoms with Gasteiger partial charge in [0, 0.05) is 23.7 Å². The highest BCUT2D eigenvalue weighted by Gasteiger charge is 2.21. The maximum absolute atomic E-state index is 10.5. The molecule has 0 atom stereocenters. The van der Waals surface area contributed by atoms with Gasteiger partial charge in [0.25, 0.3) is 0 Å². The molecule has 1 N–H and O–H groups in total. The number of aryl methyl sites for hydroxylation is 1. The van der Waals surface area contributed by atoms with Crippen molar-refractivity contribution in [2.45, 2.75) is 13.5 Å². The van der Waals surface area contributed by atoms with Gasteiger partial charge in [-0.2, -0.15) is 0 Å². The number of hydrogen-bond donors (Lipinski definition) is 1. The van der Waals surface area contributed by atoms with Gasteiger partial charge in [0.15, 0.2) is 16.6 Å². The second-order valence-electron chi connectivity index (χ2n) is 5.88. The standard InChI is InChI=1S/C19H18N2O2S/c1-13-4-2-3-5-16(13)14-10-15-12-21(19-20-6-9-24-19)7-8-23-18(15)17(22)11-14/h2-6,9-11,22H,7-8,12H2,1H3. The number of aromatic hydroxyl groups is 1. The molecule has 3 aromatic rings. The molecule has 0 aliphatic carbocycles. The third kappa shape index (κ3) is 2.71. The van der Waals surface area contributed by atoms with E-state index in [0.29, 0.717) is 18.9 Å². The van der Waals surface area contributed by atoms with Crippen molar-refractivity contribution in [3.05, 3.63) is 59.1 Å². The molecule has 2 aromatic carbocycles. The summed E-state index contributed by atoms with van der Waals surface area (Å²) in [6.45, 7) is 4.04. The van der Waals surface area contributed by atoms with Crippen LogP contribution < -0.4 is 9.64 Å². The summed E-state index contributed by atoms with van der Waals surface area (Å²) >= 11 is 1.62. The zero-order valence-electron chi connectivity index (χ0n) is 13.4. The highest BCUT2D eigenvalue weighted by molar-refractivity contribution is 7.13. The van der Waals surface area contributed by atoms with Crippen molar-refractivity contribution >= 4 is 16.5 Å². The number of nitrogens with zero attached hydrogens (tertiary/aromatic N) is 2. The van der Waals surface area contributed by atoms with Crippen LogP contribution in [-0.2, 0) is 6.54 Å². The summed E-state index contributed by atoms with van der Waals surface area (Å²) in [6, 6.07) is 12.1. The van der Waals surface area contributed by atoms with Crippen LogP contribution in [0.25, 0.3) is 11.1 Å². The van der Waals surface area contributed by atoms with Gasteiger partial charge >= 0.3 is 0 Å². The van der Waals surface area contributed by atoms with E-state index in [-0.39, 0.29) is 5.75 Å². The molecule has 0 spiro atoms. The smallest absolute Gasteiger partial charge is 0.185 e. The van der Waals surface area contributed by atoms with Gasteiger partial charge < -0.3 is 14.7 Å². The molecule has 1 aliphatic heterocycles. The number of anilines is 1. The number of phenolic OH excluding ortho intramolecular Hbond substituents is 1. The molecule has 5 heteroatoms. The Kier molecular flexibility index (Phi) is 3.86. The van der Waals surface area contributed by atoms with Crippen LogP contribution in [0.1, 0.15) is 11.1 Å². The van der Waals surface area contributed by atoms with Crippen molar-refractivity contribution < 1.29 is 9.84 Å². The Morgan fingerprint density at radius 2 is 2.12 bits per heavy atom. The first-order valence-corrected chi connectivity index (χ1v) is 8.79. The van der Waals surface area contributed by atoms with Crippen molar-refractivity contribution in [3.8, 4) is 22.6 Å². The Labute approximate surface area is 145 Å². The molecule has 0 radical (unpaired) electrons. The molecule has 0 fully saturated rings. The fourth-order valence-corrected chi connectivity index (χ4v) is 3.76. The Morgan fingerprint density at radius 1 is 1.25 bits per heavy atom. The van der Waals surface area contributed by atoms with E-state index < -0.39 is 0 Å². The molecule has 0 bridgehead atoms. The monoisotopic (exact) mass is 338 g/mol. The molecule has 0 saturated carbocycles. The quantitative estimate of drug-likeness (QED) is 0.760. The minimum atomic E-state index is 0.201. The van der Waals surface area contributed by atoms with Crippen LogP contribution in [0, 0.1) is 6.92 Å². The van der Waals surface area contributed by atoms with Gasteiger partial charge in [-0.15, -0.1) is 11.3 Å². The Hall–Kier alpha value is -2.53. The van der Waals surface area contributed by atoms with E-state index in [4.69, 9.17) is 4.74 Å². The van der Waals surface area contributed by atoms with Gasteiger partial charge in [0.05, 0.1) is 6.54 Å². The summed E-state index contributed by atoms with van der Waals surface area (Å²) in [5, 5.41) is 13.4. The third-order valence-corrected chi connectivity index (χ3v) is 5.09. The normalized spacial score (nSPS) is 14.0. The summed E-state index contributed by atoms with van der Waals surface area (Å²) in [4.78, 5) is 6.59. The van der Waals surface area contributed by atoms with Crippen molar-refractivity contribution in [2.24, 2.45) is 0 Å². The van der Waals surface area contributed by atoms with Crippen LogP contribution in [0.15, 0.2) is 48.0 Å². The maximum atomic E-state index is 10.5. The van der Waals surface area contributed by atoms with Gasteiger partial charge in [-0.25, -0.2) is 4.98 Å². The number of thiazole rings is 1. The van der Waals surface area contributed by atoms with E-state index in [2.05, 4.69) is 35.0 Å². The van der Waals surface area contributed by atoms with Crippen molar-refractivity contribution in [1.29, 1.82) is 0 Å². The Morgan fingerprint density at radius 3 is 2.92 bits per heavy atom. The summed E-state index contributed by atoms with van der Waals surface area (Å²) in [7, 11) is 0. The Bertz CT molecular complexity index is 862. The van der Waals surface area contributed by atoms with E-state index >= 15 is 0 Å². The molecular weight excluding hydrogens is 320 g/mol. The molecule has 122 valence electrons. The van der Waals surface area contributed by atoms with Crippen molar-refractivity contribution in [2.75, 3.05) is 18.1 Å². The van der Waals surface area contributed by atoms with E-state index in [1.165, 1.54) is 5.56 Å².